The third kappa shape index (κ3) is 1.54. The maximum Gasteiger partial charge on any atom is 0.272 e. The standard InChI is InChI=1S/C7H6N4O2S/c12-14(13)7-8-9-10-11(7)6-4-2-1-3-5-6/h1-5H,(H,12,13). The van der Waals surface area contributed by atoms with E-state index < -0.39 is 11.1 Å². The lowest BCUT2D eigenvalue weighted by Gasteiger charge is -1.99. The van der Waals surface area contributed by atoms with E-state index in [1.807, 2.05) is 6.07 Å². The molecule has 0 saturated carbocycles. The van der Waals surface area contributed by atoms with E-state index >= 15 is 0 Å². The molecule has 1 unspecified atom stereocenters. The van der Waals surface area contributed by atoms with Crippen LogP contribution >= 0.6 is 0 Å². The van der Waals surface area contributed by atoms with Crippen LogP contribution in [0.1, 0.15) is 0 Å². The lowest BCUT2D eigenvalue weighted by molar-refractivity contribution is 0.549. The van der Waals surface area contributed by atoms with Gasteiger partial charge in [0.15, 0.2) is 0 Å². The Hall–Kier alpha value is -1.60. The predicted octanol–water partition coefficient (Wildman–Crippen LogP) is 0.243. The average Bonchev–Trinajstić information content (AvgIpc) is 2.67. The van der Waals surface area contributed by atoms with E-state index in [0.29, 0.717) is 5.69 Å². The molecule has 1 aromatic carbocycles. The first-order valence-electron chi connectivity index (χ1n) is 3.73. The third-order valence-corrected chi connectivity index (χ3v) is 2.16. The number of nitrogens with zero attached hydrogens (tertiary/aromatic N) is 4. The zero-order chi connectivity index (χ0) is 9.97. The Morgan fingerprint density at radius 2 is 2.00 bits per heavy atom. The minimum atomic E-state index is -2.18. The first-order valence-corrected chi connectivity index (χ1v) is 4.84. The summed E-state index contributed by atoms with van der Waals surface area (Å²) in [5, 5.41) is 10.3. The van der Waals surface area contributed by atoms with Crippen LogP contribution in [0.4, 0.5) is 0 Å². The van der Waals surface area contributed by atoms with Gasteiger partial charge in [-0.2, -0.15) is 4.68 Å². The van der Waals surface area contributed by atoms with E-state index in [4.69, 9.17) is 4.55 Å². The first-order chi connectivity index (χ1) is 6.79. The van der Waals surface area contributed by atoms with E-state index in [2.05, 4.69) is 15.5 Å². The van der Waals surface area contributed by atoms with Crippen LogP contribution in [0.2, 0.25) is 0 Å². The summed E-state index contributed by atoms with van der Waals surface area (Å²) in [6.45, 7) is 0. The molecule has 0 aliphatic rings. The van der Waals surface area contributed by atoms with Gasteiger partial charge in [0.05, 0.1) is 5.69 Å². The summed E-state index contributed by atoms with van der Waals surface area (Å²) in [7, 11) is 0. The van der Waals surface area contributed by atoms with Crippen molar-refractivity contribution in [3.63, 3.8) is 0 Å². The van der Waals surface area contributed by atoms with Gasteiger partial charge in [0.25, 0.3) is 5.16 Å². The highest BCUT2D eigenvalue weighted by atomic mass is 32.2. The highest BCUT2D eigenvalue weighted by molar-refractivity contribution is 7.79. The van der Waals surface area contributed by atoms with Crippen molar-refractivity contribution in [1.29, 1.82) is 0 Å². The second-order valence-corrected chi connectivity index (χ2v) is 3.32. The topological polar surface area (TPSA) is 80.9 Å². The van der Waals surface area contributed by atoms with Crippen LogP contribution in [0, 0.1) is 0 Å². The Morgan fingerprint density at radius 3 is 2.64 bits per heavy atom. The summed E-state index contributed by atoms with van der Waals surface area (Å²) in [5.41, 5.74) is 0.648. The third-order valence-electron chi connectivity index (χ3n) is 1.60. The molecule has 1 heterocycles. The molecule has 72 valence electrons. The molecule has 2 rings (SSSR count). The lowest BCUT2D eigenvalue weighted by atomic mass is 10.3. The van der Waals surface area contributed by atoms with Gasteiger partial charge in [0, 0.05) is 0 Å². The Labute approximate surface area is 81.8 Å². The maximum absolute atomic E-state index is 10.8. The van der Waals surface area contributed by atoms with Crippen molar-refractivity contribution in [1.82, 2.24) is 20.2 Å². The molecule has 1 aromatic heterocycles. The molecule has 2 aromatic rings. The van der Waals surface area contributed by atoms with Crippen LogP contribution in [0.3, 0.4) is 0 Å². The summed E-state index contributed by atoms with van der Waals surface area (Å²) in [4.78, 5) is 0. The molecule has 1 atom stereocenters. The van der Waals surface area contributed by atoms with Crippen LogP contribution in [0.5, 0.6) is 0 Å². The van der Waals surface area contributed by atoms with Gasteiger partial charge >= 0.3 is 0 Å². The molecular weight excluding hydrogens is 204 g/mol. The molecule has 0 aliphatic heterocycles. The van der Waals surface area contributed by atoms with Gasteiger partial charge in [-0.3, -0.25) is 4.55 Å². The van der Waals surface area contributed by atoms with E-state index in [9.17, 15) is 4.21 Å². The molecule has 0 aliphatic carbocycles. The van der Waals surface area contributed by atoms with Gasteiger partial charge in [-0.05, 0) is 22.6 Å². The van der Waals surface area contributed by atoms with Gasteiger partial charge in [0.1, 0.15) is 0 Å². The number of hydrogen-bond acceptors (Lipinski definition) is 4. The first kappa shape index (κ1) is 8.97. The minimum absolute atomic E-state index is 0.0869. The van der Waals surface area contributed by atoms with Crippen molar-refractivity contribution < 1.29 is 8.76 Å². The van der Waals surface area contributed by atoms with Crippen LogP contribution in [-0.4, -0.2) is 29.0 Å². The Bertz CT molecular complexity index is 456. The largest absolute Gasteiger partial charge is 0.300 e. The number of benzene rings is 1. The van der Waals surface area contributed by atoms with Crippen molar-refractivity contribution >= 4 is 11.1 Å². The number of hydrogen-bond donors (Lipinski definition) is 1. The molecule has 0 bridgehead atoms. The highest BCUT2D eigenvalue weighted by Crippen LogP contribution is 2.08. The molecule has 1 N–H and O–H groups in total. The second-order valence-electron chi connectivity index (χ2n) is 2.46. The zero-order valence-electron chi connectivity index (χ0n) is 6.94. The second kappa shape index (κ2) is 3.64. The fourth-order valence-electron chi connectivity index (χ4n) is 1.02. The molecule has 14 heavy (non-hydrogen) atoms. The molecule has 0 radical (unpaired) electrons. The fourth-order valence-corrected chi connectivity index (χ4v) is 1.42. The maximum atomic E-state index is 10.8. The average molecular weight is 210 g/mol. The highest BCUT2D eigenvalue weighted by Gasteiger charge is 2.12. The van der Waals surface area contributed by atoms with Crippen LogP contribution in [-0.2, 0) is 11.1 Å². The van der Waals surface area contributed by atoms with Gasteiger partial charge in [-0.25, -0.2) is 4.21 Å². The Kier molecular flexibility index (Phi) is 2.33. The van der Waals surface area contributed by atoms with Crippen molar-refractivity contribution in [2.75, 3.05) is 0 Å². The monoisotopic (exact) mass is 210 g/mol. The summed E-state index contributed by atoms with van der Waals surface area (Å²) in [6, 6.07) is 8.91. The quantitative estimate of drug-likeness (QED) is 0.718. The number of aromatic nitrogens is 4. The van der Waals surface area contributed by atoms with Crippen molar-refractivity contribution in [2.45, 2.75) is 5.16 Å². The smallest absolute Gasteiger partial charge is 0.272 e. The van der Waals surface area contributed by atoms with Gasteiger partial charge in [-0.1, -0.05) is 23.3 Å². The summed E-state index contributed by atoms with van der Waals surface area (Å²) in [5.74, 6) is 0. The summed E-state index contributed by atoms with van der Waals surface area (Å²) < 4.78 is 20.9. The number of para-hydroxylation sites is 1. The predicted molar refractivity (Wildman–Crippen MR) is 48.2 cm³/mol. The molecule has 7 heteroatoms. The molecule has 6 nitrogen and oxygen atoms in total. The summed E-state index contributed by atoms with van der Waals surface area (Å²) >= 11 is -2.18. The van der Waals surface area contributed by atoms with E-state index in [1.165, 1.54) is 4.68 Å². The van der Waals surface area contributed by atoms with E-state index in [1.54, 1.807) is 24.3 Å². The zero-order valence-corrected chi connectivity index (χ0v) is 7.76. The van der Waals surface area contributed by atoms with Gasteiger partial charge in [0.2, 0.25) is 11.1 Å². The Morgan fingerprint density at radius 1 is 1.29 bits per heavy atom. The normalized spacial score (nSPS) is 12.6. The minimum Gasteiger partial charge on any atom is -0.300 e. The molecule has 0 spiro atoms. The molecule has 0 saturated heterocycles. The number of rotatable bonds is 2. The van der Waals surface area contributed by atoms with Crippen molar-refractivity contribution in [3.05, 3.63) is 30.3 Å². The lowest BCUT2D eigenvalue weighted by Crippen LogP contribution is -2.04. The van der Waals surface area contributed by atoms with Crippen LogP contribution in [0.15, 0.2) is 35.5 Å². The van der Waals surface area contributed by atoms with Crippen LogP contribution in [0.25, 0.3) is 5.69 Å². The van der Waals surface area contributed by atoms with Crippen molar-refractivity contribution in [3.8, 4) is 5.69 Å². The van der Waals surface area contributed by atoms with Crippen molar-refractivity contribution in [2.24, 2.45) is 0 Å². The van der Waals surface area contributed by atoms with Gasteiger partial charge < -0.3 is 0 Å². The van der Waals surface area contributed by atoms with E-state index in [-0.39, 0.29) is 5.16 Å². The van der Waals surface area contributed by atoms with Crippen LogP contribution < -0.4 is 0 Å². The van der Waals surface area contributed by atoms with E-state index in [0.717, 1.165) is 0 Å². The van der Waals surface area contributed by atoms with Gasteiger partial charge in [-0.15, -0.1) is 0 Å². The SMILES string of the molecule is O=S(O)c1nnnn1-c1ccccc1. The molecule has 0 fully saturated rings. The Balaban J connectivity index is 2.52. The fraction of sp³-hybridized carbons (Fsp3) is 0. The number of tetrazole rings is 1. The molecular formula is C7H6N4O2S. The molecule has 0 amide bonds. The summed E-state index contributed by atoms with van der Waals surface area (Å²) in [6.07, 6.45) is 0.